The summed E-state index contributed by atoms with van der Waals surface area (Å²) >= 11 is 1.53. The largest absolute Gasteiger partial charge is 0.464 e. The van der Waals surface area contributed by atoms with Crippen LogP contribution in [0.2, 0.25) is 0 Å². The molecule has 1 rings (SSSR count). The summed E-state index contributed by atoms with van der Waals surface area (Å²) < 4.78 is 5.03. The average Bonchev–Trinajstić information content (AvgIpc) is 2.81. The molecule has 1 atom stereocenters. The Balaban J connectivity index is 2.28. The standard InChI is InChI=1S/C13H19NO3S/c1-3-4-7-17-13(16)10(2)14-12(15)9-11-6-5-8-18-11/h5-6,8,10H,3-4,7,9H2,1-2H3,(H,14,15). The van der Waals surface area contributed by atoms with Crippen molar-refractivity contribution in [2.24, 2.45) is 0 Å². The van der Waals surface area contributed by atoms with Gasteiger partial charge < -0.3 is 10.1 Å². The molecule has 100 valence electrons. The molecular formula is C13H19NO3S. The fraction of sp³-hybridized carbons (Fsp3) is 0.538. The molecule has 0 aliphatic carbocycles. The van der Waals surface area contributed by atoms with E-state index < -0.39 is 6.04 Å². The van der Waals surface area contributed by atoms with E-state index in [-0.39, 0.29) is 11.9 Å². The van der Waals surface area contributed by atoms with E-state index in [2.05, 4.69) is 5.32 Å². The molecule has 0 aromatic carbocycles. The monoisotopic (exact) mass is 269 g/mol. The Labute approximate surface area is 111 Å². The normalized spacial score (nSPS) is 11.9. The number of amides is 1. The van der Waals surface area contributed by atoms with Crippen LogP contribution in [-0.4, -0.2) is 24.5 Å². The van der Waals surface area contributed by atoms with Gasteiger partial charge in [-0.05, 0) is 24.8 Å². The number of hydrogen-bond donors (Lipinski definition) is 1. The molecule has 1 unspecified atom stereocenters. The second-order valence-corrected chi connectivity index (χ2v) is 5.10. The lowest BCUT2D eigenvalue weighted by Gasteiger charge is -2.12. The molecular weight excluding hydrogens is 250 g/mol. The third-order valence-electron chi connectivity index (χ3n) is 2.39. The van der Waals surface area contributed by atoms with E-state index in [1.807, 2.05) is 24.4 Å². The van der Waals surface area contributed by atoms with Crippen molar-refractivity contribution < 1.29 is 14.3 Å². The van der Waals surface area contributed by atoms with E-state index in [9.17, 15) is 9.59 Å². The Morgan fingerprint density at radius 1 is 1.50 bits per heavy atom. The van der Waals surface area contributed by atoms with Crippen LogP contribution in [0.4, 0.5) is 0 Å². The third kappa shape index (κ3) is 5.31. The highest BCUT2D eigenvalue weighted by molar-refractivity contribution is 7.10. The molecule has 0 saturated carbocycles. The van der Waals surface area contributed by atoms with Crippen LogP contribution in [0.25, 0.3) is 0 Å². The number of hydrogen-bond acceptors (Lipinski definition) is 4. The number of nitrogens with one attached hydrogen (secondary N) is 1. The first-order valence-electron chi connectivity index (χ1n) is 6.12. The van der Waals surface area contributed by atoms with Crippen LogP contribution in [0, 0.1) is 0 Å². The predicted octanol–water partition coefficient (Wildman–Crippen LogP) is 2.14. The van der Waals surface area contributed by atoms with Gasteiger partial charge in [-0.2, -0.15) is 0 Å². The number of thiophene rings is 1. The Morgan fingerprint density at radius 3 is 2.89 bits per heavy atom. The maximum absolute atomic E-state index is 11.6. The van der Waals surface area contributed by atoms with E-state index >= 15 is 0 Å². The van der Waals surface area contributed by atoms with Crippen molar-refractivity contribution >= 4 is 23.2 Å². The van der Waals surface area contributed by atoms with Gasteiger partial charge in [0.2, 0.25) is 5.91 Å². The van der Waals surface area contributed by atoms with Crippen molar-refractivity contribution in [2.45, 2.75) is 39.2 Å². The predicted molar refractivity (Wildman–Crippen MR) is 71.5 cm³/mol. The van der Waals surface area contributed by atoms with Crippen LogP contribution in [0.15, 0.2) is 17.5 Å². The SMILES string of the molecule is CCCCOC(=O)C(C)NC(=O)Cc1cccs1. The summed E-state index contributed by atoms with van der Waals surface area (Å²) in [4.78, 5) is 24.1. The molecule has 5 heteroatoms. The minimum atomic E-state index is -0.589. The van der Waals surface area contributed by atoms with Gasteiger partial charge in [0.05, 0.1) is 13.0 Å². The zero-order valence-corrected chi connectivity index (χ0v) is 11.6. The second-order valence-electron chi connectivity index (χ2n) is 4.07. The maximum Gasteiger partial charge on any atom is 0.328 e. The van der Waals surface area contributed by atoms with E-state index in [1.54, 1.807) is 6.92 Å². The van der Waals surface area contributed by atoms with Gasteiger partial charge in [-0.1, -0.05) is 19.4 Å². The van der Waals surface area contributed by atoms with Gasteiger partial charge in [0.15, 0.2) is 0 Å². The van der Waals surface area contributed by atoms with Crippen LogP contribution < -0.4 is 5.32 Å². The Morgan fingerprint density at radius 2 is 2.28 bits per heavy atom. The Kier molecular flexibility index (Phi) is 6.43. The maximum atomic E-state index is 11.6. The highest BCUT2D eigenvalue weighted by atomic mass is 32.1. The van der Waals surface area contributed by atoms with E-state index in [1.165, 1.54) is 11.3 Å². The fourth-order valence-corrected chi connectivity index (χ4v) is 2.07. The molecule has 1 heterocycles. The third-order valence-corrected chi connectivity index (χ3v) is 3.26. The molecule has 0 radical (unpaired) electrons. The van der Waals surface area contributed by atoms with Crippen molar-refractivity contribution in [2.75, 3.05) is 6.61 Å². The molecule has 1 aromatic heterocycles. The molecule has 1 amide bonds. The van der Waals surface area contributed by atoms with Crippen LogP contribution in [0.3, 0.4) is 0 Å². The molecule has 1 aromatic rings. The van der Waals surface area contributed by atoms with E-state index in [0.717, 1.165) is 17.7 Å². The smallest absolute Gasteiger partial charge is 0.328 e. The molecule has 0 spiro atoms. The summed E-state index contributed by atoms with van der Waals surface area (Å²) in [5, 5.41) is 4.56. The first kappa shape index (κ1) is 14.7. The average molecular weight is 269 g/mol. The number of carbonyl (C=O) groups excluding carboxylic acids is 2. The highest BCUT2D eigenvalue weighted by Crippen LogP contribution is 2.08. The topological polar surface area (TPSA) is 55.4 Å². The van der Waals surface area contributed by atoms with Gasteiger partial charge in [-0.3, -0.25) is 4.79 Å². The number of rotatable bonds is 7. The number of esters is 1. The molecule has 1 N–H and O–H groups in total. The van der Waals surface area contributed by atoms with Gasteiger partial charge >= 0.3 is 5.97 Å². The lowest BCUT2D eigenvalue weighted by Crippen LogP contribution is -2.40. The van der Waals surface area contributed by atoms with Gasteiger partial charge in [-0.25, -0.2) is 4.79 Å². The molecule has 0 aliphatic heterocycles. The molecule has 18 heavy (non-hydrogen) atoms. The summed E-state index contributed by atoms with van der Waals surface area (Å²) in [7, 11) is 0. The summed E-state index contributed by atoms with van der Waals surface area (Å²) in [6.07, 6.45) is 2.14. The molecule has 0 aliphatic rings. The summed E-state index contributed by atoms with van der Waals surface area (Å²) in [5.41, 5.74) is 0. The first-order valence-corrected chi connectivity index (χ1v) is 6.99. The minimum Gasteiger partial charge on any atom is -0.464 e. The Hall–Kier alpha value is -1.36. The van der Waals surface area contributed by atoms with Gasteiger partial charge in [-0.15, -0.1) is 11.3 Å². The van der Waals surface area contributed by atoms with E-state index in [0.29, 0.717) is 13.0 Å². The van der Waals surface area contributed by atoms with Crippen LogP contribution in [0.1, 0.15) is 31.6 Å². The lowest BCUT2D eigenvalue weighted by atomic mass is 10.3. The zero-order valence-electron chi connectivity index (χ0n) is 10.8. The van der Waals surface area contributed by atoms with E-state index in [4.69, 9.17) is 4.74 Å². The molecule has 0 saturated heterocycles. The van der Waals surface area contributed by atoms with Gasteiger partial charge in [0, 0.05) is 4.88 Å². The first-order chi connectivity index (χ1) is 8.63. The summed E-state index contributed by atoms with van der Waals surface area (Å²) in [6, 6.07) is 3.21. The lowest BCUT2D eigenvalue weighted by molar-refractivity contribution is -0.147. The highest BCUT2D eigenvalue weighted by Gasteiger charge is 2.16. The van der Waals surface area contributed by atoms with Gasteiger partial charge in [0.1, 0.15) is 6.04 Å². The van der Waals surface area contributed by atoms with Crippen molar-refractivity contribution in [3.63, 3.8) is 0 Å². The Bertz CT molecular complexity index is 376. The molecule has 0 bridgehead atoms. The molecule has 4 nitrogen and oxygen atoms in total. The number of unbranched alkanes of at least 4 members (excludes halogenated alkanes) is 1. The number of carbonyl (C=O) groups is 2. The molecule has 0 fully saturated rings. The van der Waals surface area contributed by atoms with Crippen molar-refractivity contribution in [3.05, 3.63) is 22.4 Å². The van der Waals surface area contributed by atoms with Crippen molar-refractivity contribution in [1.82, 2.24) is 5.32 Å². The van der Waals surface area contributed by atoms with Crippen molar-refractivity contribution in [3.8, 4) is 0 Å². The van der Waals surface area contributed by atoms with Crippen molar-refractivity contribution in [1.29, 1.82) is 0 Å². The van der Waals surface area contributed by atoms with Gasteiger partial charge in [0.25, 0.3) is 0 Å². The minimum absolute atomic E-state index is 0.155. The summed E-state index contributed by atoms with van der Waals surface area (Å²) in [5.74, 6) is -0.527. The quantitative estimate of drug-likeness (QED) is 0.609. The zero-order chi connectivity index (χ0) is 13.4. The summed E-state index contributed by atoms with van der Waals surface area (Å²) in [6.45, 7) is 4.08. The van der Waals surface area contributed by atoms with Crippen LogP contribution in [0.5, 0.6) is 0 Å². The van der Waals surface area contributed by atoms with Crippen LogP contribution in [-0.2, 0) is 20.7 Å². The number of ether oxygens (including phenoxy) is 1. The second kappa shape index (κ2) is 7.87. The van der Waals surface area contributed by atoms with Crippen LogP contribution >= 0.6 is 11.3 Å². The fourth-order valence-electron chi connectivity index (χ4n) is 1.36.